The molecule has 0 radical (unpaired) electrons. The number of nitrogens with zero attached hydrogens (tertiary/aromatic N) is 1. The highest BCUT2D eigenvalue weighted by Gasteiger charge is 2.45. The van der Waals surface area contributed by atoms with Gasteiger partial charge in [0.25, 0.3) is 0 Å². The molecule has 10 heteroatoms. The van der Waals surface area contributed by atoms with E-state index in [0.29, 0.717) is 18.7 Å². The summed E-state index contributed by atoms with van der Waals surface area (Å²) < 4.78 is 41.1. The lowest BCUT2D eigenvalue weighted by Crippen LogP contribution is -2.50. The van der Waals surface area contributed by atoms with Gasteiger partial charge in [0, 0.05) is 30.8 Å². The lowest BCUT2D eigenvalue weighted by atomic mass is 9.80. The van der Waals surface area contributed by atoms with Crippen LogP contribution in [0.1, 0.15) is 104 Å². The van der Waals surface area contributed by atoms with Crippen molar-refractivity contribution in [3.63, 3.8) is 0 Å². The van der Waals surface area contributed by atoms with Gasteiger partial charge < -0.3 is 27.8 Å². The fourth-order valence-electron chi connectivity index (χ4n) is 7.36. The lowest BCUT2D eigenvalue weighted by molar-refractivity contribution is -0.180. The number of oxazole rings is 1. The summed E-state index contributed by atoms with van der Waals surface area (Å²) in [6, 6.07) is 0. The normalized spacial score (nSPS) is 37.2. The van der Waals surface area contributed by atoms with Gasteiger partial charge in [-0.2, -0.15) is 0 Å². The molecule has 5 heterocycles. The zero-order valence-electron chi connectivity index (χ0n) is 30.1. The lowest BCUT2D eigenvalue weighted by Gasteiger charge is -2.44. The smallest absolute Gasteiger partial charge is 0.330 e. The van der Waals surface area contributed by atoms with Crippen LogP contribution in [-0.2, 0) is 28.2 Å². The molecule has 0 aliphatic carbocycles. The average molecular weight is 794 g/mol. The number of hydrogen-bond donors (Lipinski definition) is 0. The zero-order valence-corrected chi connectivity index (χ0v) is 33.2. The second-order valence-electron chi connectivity index (χ2n) is 15.9. The van der Waals surface area contributed by atoms with Crippen LogP contribution in [0.4, 0.5) is 0 Å². The first-order valence-electron chi connectivity index (χ1n) is 17.7. The van der Waals surface area contributed by atoms with Gasteiger partial charge in [0.2, 0.25) is 5.89 Å². The quantitative estimate of drug-likeness (QED) is 0.130. The molecule has 8 bridgehead atoms. The summed E-state index contributed by atoms with van der Waals surface area (Å²) in [6.45, 7) is 22.1. The van der Waals surface area contributed by atoms with Crippen LogP contribution in [0.5, 0.6) is 0 Å². The molecule has 0 aromatic carbocycles. The standard InChI is InChI=1S/C38H56INO7Si/c1-23-16-27-12-10-15-35(41)46-37-25(3)32(45-36(26(37)4)24(2)21-39)13-11-14-34-40-31(22-42-34)33-20-30(47-48(8,9)38(5,6)7)19-29(44-33)18-28(17-23)43-27/h10-11,14-15,21-22,25-30,32-33,36-37H,1,12-13,16-20H2,2-9H3/b14-11+,15-10-,24-21+/t25-,26-,27?,28?,29?,30+,32?,33?,36?,37-/m0/s1. The maximum atomic E-state index is 13.2. The minimum atomic E-state index is -2.02. The number of aromatic nitrogens is 1. The Labute approximate surface area is 302 Å². The van der Waals surface area contributed by atoms with Gasteiger partial charge in [0.1, 0.15) is 24.2 Å². The number of halogens is 1. The van der Waals surface area contributed by atoms with E-state index in [4.69, 9.17) is 32.8 Å². The minimum absolute atomic E-state index is 0.00839. The van der Waals surface area contributed by atoms with Crippen LogP contribution < -0.4 is 0 Å². The van der Waals surface area contributed by atoms with Crippen molar-refractivity contribution >= 4 is 43.0 Å². The van der Waals surface area contributed by atoms with E-state index < -0.39 is 8.32 Å². The van der Waals surface area contributed by atoms with Crippen molar-refractivity contribution in [1.29, 1.82) is 0 Å². The van der Waals surface area contributed by atoms with E-state index in [2.05, 4.69) is 83.8 Å². The van der Waals surface area contributed by atoms with Crippen LogP contribution in [0.15, 0.2) is 50.7 Å². The topological polar surface area (TPSA) is 89.3 Å². The second-order valence-corrected chi connectivity index (χ2v) is 21.3. The maximum Gasteiger partial charge on any atom is 0.330 e. The Bertz CT molecular complexity index is 1380. The van der Waals surface area contributed by atoms with Crippen LogP contribution >= 0.6 is 22.6 Å². The Balaban J connectivity index is 1.44. The maximum absolute atomic E-state index is 13.2. The number of esters is 1. The highest BCUT2D eigenvalue weighted by molar-refractivity contribution is 14.1. The Morgan fingerprint density at radius 3 is 2.46 bits per heavy atom. The number of rotatable bonds is 3. The first-order valence-corrected chi connectivity index (χ1v) is 21.9. The molecule has 1 aromatic heterocycles. The third-order valence-corrected chi connectivity index (χ3v) is 16.5. The summed E-state index contributed by atoms with van der Waals surface area (Å²) in [5.41, 5.74) is 3.08. The van der Waals surface area contributed by atoms with Crippen molar-refractivity contribution in [1.82, 2.24) is 4.98 Å². The minimum Gasteiger partial charge on any atom is -0.458 e. The van der Waals surface area contributed by atoms with Crippen LogP contribution in [0, 0.1) is 11.8 Å². The third kappa shape index (κ3) is 9.20. The predicted molar refractivity (Wildman–Crippen MR) is 199 cm³/mol. The van der Waals surface area contributed by atoms with E-state index in [0.717, 1.165) is 43.4 Å². The molecule has 3 saturated heterocycles. The molecular formula is C38H56INO7Si. The molecule has 8 nitrogen and oxygen atoms in total. The highest BCUT2D eigenvalue weighted by atomic mass is 127. The van der Waals surface area contributed by atoms with E-state index >= 15 is 0 Å². The van der Waals surface area contributed by atoms with Gasteiger partial charge in [0.05, 0.1) is 36.6 Å². The average Bonchev–Trinajstić information content (AvgIpc) is 3.47. The number of fused-ring (bicyclic) bond motifs is 9. The molecule has 5 rings (SSSR count). The van der Waals surface area contributed by atoms with E-state index in [1.807, 2.05) is 22.3 Å². The number of carbonyl (C=O) groups is 1. The van der Waals surface area contributed by atoms with Gasteiger partial charge >= 0.3 is 5.97 Å². The molecule has 0 N–H and O–H groups in total. The second kappa shape index (κ2) is 15.8. The molecule has 3 fully saturated rings. The summed E-state index contributed by atoms with van der Waals surface area (Å²) in [6.07, 6.45) is 13.3. The van der Waals surface area contributed by atoms with Crippen molar-refractivity contribution in [3.8, 4) is 0 Å². The van der Waals surface area contributed by atoms with Crippen molar-refractivity contribution in [2.75, 3.05) is 0 Å². The molecule has 48 heavy (non-hydrogen) atoms. The molecule has 266 valence electrons. The number of carbonyl (C=O) groups excluding carboxylic acids is 1. The first-order chi connectivity index (χ1) is 22.6. The fourth-order valence-corrected chi connectivity index (χ4v) is 9.09. The Morgan fingerprint density at radius 2 is 1.73 bits per heavy atom. The van der Waals surface area contributed by atoms with E-state index in [1.54, 1.807) is 12.3 Å². The van der Waals surface area contributed by atoms with Gasteiger partial charge in [-0.1, -0.05) is 81.5 Å². The van der Waals surface area contributed by atoms with Gasteiger partial charge in [-0.05, 0) is 72.9 Å². The number of ether oxygens (including phenoxy) is 4. The summed E-state index contributed by atoms with van der Waals surface area (Å²) in [4.78, 5) is 18.0. The van der Waals surface area contributed by atoms with E-state index in [-0.39, 0.29) is 71.7 Å². The van der Waals surface area contributed by atoms with Crippen molar-refractivity contribution in [2.24, 2.45) is 11.8 Å². The first kappa shape index (κ1) is 37.7. The Kier molecular flexibility index (Phi) is 12.4. The molecule has 0 saturated carbocycles. The van der Waals surface area contributed by atoms with Crippen molar-refractivity contribution in [3.05, 3.63) is 57.9 Å². The monoisotopic (exact) mass is 793 g/mol. The zero-order chi connectivity index (χ0) is 34.8. The summed E-state index contributed by atoms with van der Waals surface area (Å²) >= 11 is 2.25. The molecule has 1 aromatic rings. The molecule has 4 aliphatic rings. The summed E-state index contributed by atoms with van der Waals surface area (Å²) in [5.74, 6) is 0.200. The van der Waals surface area contributed by atoms with Crippen molar-refractivity contribution < 1.29 is 32.6 Å². The van der Waals surface area contributed by atoms with Gasteiger partial charge in [-0.25, -0.2) is 9.78 Å². The Morgan fingerprint density at radius 1 is 1.00 bits per heavy atom. The third-order valence-electron chi connectivity index (χ3n) is 11.0. The van der Waals surface area contributed by atoms with Gasteiger partial charge in [0.15, 0.2) is 8.32 Å². The molecule has 0 amide bonds. The summed E-state index contributed by atoms with van der Waals surface area (Å²) in [5, 5.41) is 0.101. The summed E-state index contributed by atoms with van der Waals surface area (Å²) in [7, 11) is -2.02. The van der Waals surface area contributed by atoms with E-state index in [9.17, 15) is 4.79 Å². The van der Waals surface area contributed by atoms with Gasteiger partial charge in [-0.3, -0.25) is 0 Å². The van der Waals surface area contributed by atoms with Crippen LogP contribution in [0.3, 0.4) is 0 Å². The number of hydrogen-bond acceptors (Lipinski definition) is 8. The molecule has 0 spiro atoms. The molecule has 6 unspecified atom stereocenters. The van der Waals surface area contributed by atoms with Crippen molar-refractivity contribution in [2.45, 2.75) is 153 Å². The highest BCUT2D eigenvalue weighted by Crippen LogP contribution is 2.43. The van der Waals surface area contributed by atoms with E-state index in [1.165, 1.54) is 5.57 Å². The molecule has 10 atom stereocenters. The fraction of sp³-hybridized carbons (Fsp3) is 0.684. The molecule has 4 aliphatic heterocycles. The SMILES string of the molecule is C=C1CC2C/C=C\C(=O)O[C@H]3[C@@H](C)C(C/C=C/c4nc(co4)C4C[C@H](O[Si](C)(C)C(C)(C)C)CC(CC(C1)O2)O4)OC(/C(C)=C/I)[C@@H]3C. The van der Waals surface area contributed by atoms with Crippen LogP contribution in [0.2, 0.25) is 18.1 Å². The largest absolute Gasteiger partial charge is 0.458 e. The Hall–Kier alpha value is -1.57. The molecular weight excluding hydrogens is 737 g/mol. The van der Waals surface area contributed by atoms with Crippen LogP contribution in [-0.4, -0.2) is 62.0 Å². The van der Waals surface area contributed by atoms with Crippen LogP contribution in [0.25, 0.3) is 6.08 Å². The predicted octanol–water partition coefficient (Wildman–Crippen LogP) is 9.43. The van der Waals surface area contributed by atoms with Gasteiger partial charge in [-0.15, -0.1) is 0 Å².